The van der Waals surface area contributed by atoms with Crippen LogP contribution in [-0.4, -0.2) is 28.9 Å². The molecule has 5 rings (SSSR count). The molecule has 5 nitrogen and oxygen atoms in total. The Morgan fingerprint density at radius 3 is 0.887 bits per heavy atom. The SMILES string of the molecule is [2H]C([2H])([2H])C(C)(C)C[C@]([2H])(C)C(=O)c1cccc(Cl)c1.[2H]C([2H])([2H])C(C)(C[C@]([2H])(C)C(=O)c1cccc(Cl)c1)C([2H])([2H])[2H].[2H]C([2H])([2H])C(C[C@]([2H])(C)C(=O)c1cccc(Cl)c1)(C([2H])([2H])[2H])C([2H])([2H])[2H].[2H]c1c([2H])c(Cl)c([2H])c(C(=O)[C@@]([2H])(C)CC(C([2H])([2H])[2H])(C([2H])([2H])[2H])C([2H])([2H])[2H])c1[2H].[2H]c1c([2H])c(Cl)c([2H])c(C(=O)[C@@]([2H])(C)CC(C)(C)C)c1[2H]. The zero-order chi connectivity index (χ0) is 95.8. The summed E-state index contributed by atoms with van der Waals surface area (Å²) in [5, 5.41) is -0.0713. The Hall–Kier alpha value is -4.10. The van der Waals surface area contributed by atoms with Crippen molar-refractivity contribution in [2.45, 2.75) is 170 Å². The molecule has 80 heavy (non-hydrogen) atoms. The van der Waals surface area contributed by atoms with Crippen molar-refractivity contribution < 1.29 is 78.8 Å². The minimum atomic E-state index is -3.64. The van der Waals surface area contributed by atoms with E-state index in [1.54, 1.807) is 44.2 Å². The highest BCUT2D eigenvalue weighted by molar-refractivity contribution is 6.32. The lowest BCUT2D eigenvalue weighted by atomic mass is 9.82. The Morgan fingerprint density at radius 1 is 0.375 bits per heavy atom. The number of carbonyl (C=O) groups excluding carboxylic acids is 5. The van der Waals surface area contributed by atoms with Gasteiger partial charge in [-0.1, -0.05) is 256 Å². The Labute approximate surface area is 565 Å². The first-order chi connectivity index (χ1) is 52.7. The maximum atomic E-state index is 13.0. The van der Waals surface area contributed by atoms with E-state index in [1.807, 2.05) is 20.8 Å². The predicted molar refractivity (Wildman–Crippen MR) is 345 cm³/mol. The van der Waals surface area contributed by atoms with E-state index in [0.29, 0.717) is 15.6 Å². The van der Waals surface area contributed by atoms with Gasteiger partial charge in [-0.3, -0.25) is 24.0 Å². The second kappa shape index (κ2) is 33.3. The van der Waals surface area contributed by atoms with Crippen LogP contribution in [0.1, 0.15) is 277 Å². The van der Waals surface area contributed by atoms with Gasteiger partial charge in [0.1, 0.15) is 0 Å². The molecule has 0 bridgehead atoms. The average molecular weight is 1230 g/mol. The number of ketones is 5. The molecule has 0 saturated heterocycles. The molecule has 0 aliphatic heterocycles. The van der Waals surface area contributed by atoms with Crippen LogP contribution in [0.25, 0.3) is 0 Å². The lowest BCUT2D eigenvalue weighted by Crippen LogP contribution is -2.18. The fourth-order valence-electron chi connectivity index (χ4n) is 7.11. The molecule has 0 fully saturated rings. The highest BCUT2D eigenvalue weighted by Gasteiger charge is 2.26. The number of hydrogen-bond acceptors (Lipinski definition) is 5. The van der Waals surface area contributed by atoms with Crippen LogP contribution < -0.4 is 0 Å². The Morgan fingerprint density at radius 2 is 0.625 bits per heavy atom. The van der Waals surface area contributed by atoms with Crippen molar-refractivity contribution in [1.29, 1.82) is 0 Å². The van der Waals surface area contributed by atoms with Crippen molar-refractivity contribution >= 4 is 86.9 Å². The van der Waals surface area contributed by atoms with Crippen molar-refractivity contribution in [3.8, 4) is 0 Å². The molecule has 5 aromatic carbocycles. The van der Waals surface area contributed by atoms with E-state index in [2.05, 4.69) is 0 Å². The van der Waals surface area contributed by atoms with Gasteiger partial charge in [-0.25, -0.2) is 0 Å². The van der Waals surface area contributed by atoms with E-state index >= 15 is 0 Å². The summed E-state index contributed by atoms with van der Waals surface area (Å²) in [5.41, 5.74) is -11.1. The number of hydrogen-bond donors (Lipinski definition) is 0. The van der Waals surface area contributed by atoms with E-state index in [9.17, 15) is 24.0 Å². The number of rotatable bonds is 15. The molecule has 0 aliphatic rings. The zero-order valence-corrected chi connectivity index (χ0v) is 50.2. The summed E-state index contributed by atoms with van der Waals surface area (Å²) in [4.78, 5) is 63.2. The molecule has 0 aliphatic carbocycles. The summed E-state index contributed by atoms with van der Waals surface area (Å²) < 4.78 is 308. The maximum Gasteiger partial charge on any atom is 0.165 e. The molecule has 0 unspecified atom stereocenters. The van der Waals surface area contributed by atoms with Crippen LogP contribution in [0.2, 0.25) is 25.1 Å². The predicted octanol–water partition coefficient (Wildman–Crippen LogP) is 23.0. The van der Waals surface area contributed by atoms with Gasteiger partial charge in [-0.2, -0.15) is 0 Å². The molecule has 0 aromatic heterocycles. The third-order valence-corrected chi connectivity index (χ3v) is 11.1. The van der Waals surface area contributed by atoms with Crippen LogP contribution in [0.5, 0.6) is 0 Å². The molecule has 10 heteroatoms. The summed E-state index contributed by atoms with van der Waals surface area (Å²) in [6.45, 7) is -13.4. The second-order valence-electron chi connectivity index (χ2n) is 20.9. The lowest BCUT2D eigenvalue weighted by Gasteiger charge is -2.22. The highest BCUT2D eigenvalue weighted by Crippen LogP contribution is 2.31. The molecule has 0 N–H and O–H groups in total. The molecule has 0 radical (unpaired) electrons. The first kappa shape index (κ1) is 31.7. The summed E-state index contributed by atoms with van der Waals surface area (Å²) in [7, 11) is 0. The molecule has 0 amide bonds. The number of halogens is 5. The van der Waals surface area contributed by atoms with Crippen molar-refractivity contribution in [2.75, 3.05) is 0 Å². The highest BCUT2D eigenvalue weighted by atomic mass is 35.5. The van der Waals surface area contributed by atoms with Crippen molar-refractivity contribution in [3.05, 3.63) is 174 Å². The standard InChI is InChI=1S/5C14H19ClO/c5*1-10(9-14(2,3)4)13(16)11-6-5-7-12(15)8-11/h5*5-8,10H,9H2,1-4H3/t5*10-/m00000/s1/i2D3,3D3,4D3,5D,6D,7D,8D,10D;5D,6D,7D,8D,10D;2D3,3D3,4D3,10D;2D3,3D3,10D;2D3,10D. The second-order valence-corrected chi connectivity index (χ2v) is 23.0. The third-order valence-electron chi connectivity index (χ3n) is 10.0. The van der Waals surface area contributed by atoms with Gasteiger partial charge in [0, 0.05) is 126 Å². The van der Waals surface area contributed by atoms with Gasteiger partial charge in [0.25, 0.3) is 0 Å². The van der Waals surface area contributed by atoms with Crippen molar-refractivity contribution in [2.24, 2.45) is 56.5 Å². The van der Waals surface area contributed by atoms with E-state index in [0.717, 1.165) is 20.8 Å². The smallest absolute Gasteiger partial charge is 0.165 e. The first-order valence-electron chi connectivity index (χ1n) is 44.2. The van der Waals surface area contributed by atoms with E-state index in [-0.39, 0.29) is 45.0 Å². The third kappa shape index (κ3) is 31.9. The summed E-state index contributed by atoms with van der Waals surface area (Å²) in [6.07, 6.45) is -3.12. The zero-order valence-electron chi connectivity index (χ0n) is 86.4. The van der Waals surface area contributed by atoms with E-state index in [1.165, 1.54) is 63.2 Å². The molecule has 0 saturated carbocycles. The fraction of sp³-hybridized carbons (Fsp3) is 0.500. The van der Waals surface area contributed by atoms with Crippen LogP contribution in [0.15, 0.2) is 121 Å². The van der Waals surface area contributed by atoms with Gasteiger partial charge in [0.2, 0.25) is 0 Å². The van der Waals surface area contributed by atoms with Crippen LogP contribution in [-0.2, 0) is 0 Å². The minimum absolute atomic E-state index is 0.0366. The van der Waals surface area contributed by atoms with E-state index in [4.69, 9.17) is 113 Å². The number of carbonyl (C=O) groups is 5. The molecule has 5 aromatic rings. The monoisotopic (exact) mass is 1230 g/mol. The summed E-state index contributed by atoms with van der Waals surface area (Å²) in [5.74, 6) is -14.2. The molecule has 5 atom stereocenters. The van der Waals surface area contributed by atoms with Crippen LogP contribution in [0, 0.1) is 56.5 Å². The average Bonchev–Trinajstić information content (AvgIpc) is 0.712. The van der Waals surface area contributed by atoms with Gasteiger partial charge < -0.3 is 0 Å². The van der Waals surface area contributed by atoms with Crippen LogP contribution in [0.3, 0.4) is 0 Å². The first-order valence-corrected chi connectivity index (χ1v) is 26.1. The lowest BCUT2D eigenvalue weighted by molar-refractivity contribution is 0.0891. The van der Waals surface area contributed by atoms with Crippen LogP contribution >= 0.6 is 58.0 Å². The van der Waals surface area contributed by atoms with Crippen molar-refractivity contribution in [1.82, 2.24) is 0 Å². The topological polar surface area (TPSA) is 85.3 Å². The largest absolute Gasteiger partial charge is 0.294 e. The normalized spacial score (nSPS) is 24.2. The van der Waals surface area contributed by atoms with Gasteiger partial charge in [-0.15, -0.1) is 0 Å². The van der Waals surface area contributed by atoms with E-state index < -0.39 is 220 Å². The van der Waals surface area contributed by atoms with Crippen LogP contribution in [0.4, 0.5) is 0 Å². The Bertz CT molecular complexity index is 4370. The van der Waals surface area contributed by atoms with Gasteiger partial charge in [0.05, 0.1) is 11.0 Å². The van der Waals surface area contributed by atoms with Gasteiger partial charge in [-0.05, 0) is 120 Å². The molecular weight excluding hydrogens is 1100 g/mol. The number of benzene rings is 5. The Balaban J connectivity index is 0.000000755. The Kier molecular flexibility index (Phi) is 13.2. The molecule has 0 heterocycles. The number of Topliss-reactive ketones (excluding diaryl/α,β-unsaturated/α-hetero) is 5. The maximum absolute atomic E-state index is 13.0. The molecule has 0 spiro atoms. The van der Waals surface area contributed by atoms with Gasteiger partial charge >= 0.3 is 0 Å². The van der Waals surface area contributed by atoms with Crippen molar-refractivity contribution in [3.63, 3.8) is 0 Å². The van der Waals surface area contributed by atoms with Gasteiger partial charge in [0.15, 0.2) is 28.9 Å². The quantitative estimate of drug-likeness (QED) is 0.0975. The summed E-state index contributed by atoms with van der Waals surface area (Å²) >= 11 is 29.0. The molecule has 440 valence electrons. The minimum Gasteiger partial charge on any atom is -0.294 e. The molecular formula is C70H95Cl5O5. The summed E-state index contributed by atoms with van der Waals surface area (Å²) in [6, 6.07) is 12.6. The fourth-order valence-corrected chi connectivity index (χ4v) is 7.96.